The van der Waals surface area contributed by atoms with E-state index in [0.717, 1.165) is 36.2 Å². The zero-order valence-corrected chi connectivity index (χ0v) is 16.2. The van der Waals surface area contributed by atoms with E-state index in [1.807, 2.05) is 18.2 Å². The van der Waals surface area contributed by atoms with Crippen LogP contribution in [0, 0.1) is 0 Å². The zero-order chi connectivity index (χ0) is 14.9. The maximum Gasteiger partial charge on any atom is 0.191 e. The minimum absolute atomic E-state index is 0. The van der Waals surface area contributed by atoms with Crippen molar-refractivity contribution in [3.8, 4) is 0 Å². The average Bonchev–Trinajstić information content (AvgIpc) is 2.52. The third-order valence-electron chi connectivity index (χ3n) is 3.74. The van der Waals surface area contributed by atoms with Crippen LogP contribution >= 0.6 is 35.6 Å². The van der Waals surface area contributed by atoms with Gasteiger partial charge in [-0.05, 0) is 43.6 Å². The predicted molar refractivity (Wildman–Crippen MR) is 105 cm³/mol. The first-order valence-corrected chi connectivity index (χ1v) is 8.07. The monoisotopic (exact) mass is 436 g/mol. The van der Waals surface area contributed by atoms with Crippen LogP contribution in [0.3, 0.4) is 0 Å². The highest BCUT2D eigenvalue weighted by Gasteiger charge is 2.09. The number of benzene rings is 1. The number of nitrogens with zero attached hydrogens (tertiary/aromatic N) is 2. The van der Waals surface area contributed by atoms with Gasteiger partial charge in [0.15, 0.2) is 5.96 Å². The molecule has 1 aromatic carbocycles. The Hall–Kier alpha value is -0.530. The molecule has 4 nitrogen and oxygen atoms in total. The molecule has 0 aliphatic carbocycles. The Morgan fingerprint density at radius 1 is 1.23 bits per heavy atom. The van der Waals surface area contributed by atoms with Gasteiger partial charge in [-0.1, -0.05) is 30.2 Å². The van der Waals surface area contributed by atoms with E-state index in [9.17, 15) is 0 Å². The van der Waals surface area contributed by atoms with Gasteiger partial charge in [0.1, 0.15) is 0 Å². The number of likely N-dealkylation sites (tertiary alicyclic amines) is 1. The van der Waals surface area contributed by atoms with Gasteiger partial charge in [-0.3, -0.25) is 4.99 Å². The van der Waals surface area contributed by atoms with Crippen molar-refractivity contribution in [1.29, 1.82) is 0 Å². The molecule has 0 atom stereocenters. The van der Waals surface area contributed by atoms with Crippen LogP contribution < -0.4 is 10.6 Å². The number of piperidine rings is 1. The molecule has 22 heavy (non-hydrogen) atoms. The van der Waals surface area contributed by atoms with E-state index in [-0.39, 0.29) is 24.0 Å². The van der Waals surface area contributed by atoms with Crippen molar-refractivity contribution in [3.63, 3.8) is 0 Å². The van der Waals surface area contributed by atoms with Crippen molar-refractivity contribution in [2.75, 3.05) is 33.2 Å². The van der Waals surface area contributed by atoms with Gasteiger partial charge in [-0.2, -0.15) is 0 Å². The van der Waals surface area contributed by atoms with E-state index in [1.165, 1.54) is 32.4 Å². The lowest BCUT2D eigenvalue weighted by Gasteiger charge is -2.26. The molecule has 2 N–H and O–H groups in total. The van der Waals surface area contributed by atoms with Crippen molar-refractivity contribution in [2.24, 2.45) is 4.99 Å². The second kappa shape index (κ2) is 11.1. The molecule has 1 aliphatic rings. The summed E-state index contributed by atoms with van der Waals surface area (Å²) >= 11 is 5.98. The minimum Gasteiger partial charge on any atom is -0.355 e. The second-order valence-electron chi connectivity index (χ2n) is 5.38. The molecule has 0 radical (unpaired) electrons. The fourth-order valence-corrected chi connectivity index (χ4v) is 2.78. The van der Waals surface area contributed by atoms with Crippen LogP contribution in [0.1, 0.15) is 24.8 Å². The van der Waals surface area contributed by atoms with Crippen molar-refractivity contribution in [2.45, 2.75) is 25.8 Å². The lowest BCUT2D eigenvalue weighted by atomic mass is 10.1. The van der Waals surface area contributed by atoms with E-state index in [4.69, 9.17) is 11.6 Å². The van der Waals surface area contributed by atoms with Gasteiger partial charge >= 0.3 is 0 Å². The number of nitrogens with one attached hydrogen (secondary N) is 2. The van der Waals surface area contributed by atoms with Crippen molar-refractivity contribution < 1.29 is 0 Å². The summed E-state index contributed by atoms with van der Waals surface area (Å²) in [5, 5.41) is 7.44. The molecule has 1 heterocycles. The molecule has 124 valence electrons. The molecule has 0 spiro atoms. The summed E-state index contributed by atoms with van der Waals surface area (Å²) in [6, 6.07) is 7.87. The Labute approximate surface area is 155 Å². The van der Waals surface area contributed by atoms with Crippen LogP contribution in [0.15, 0.2) is 29.3 Å². The Morgan fingerprint density at radius 3 is 2.68 bits per heavy atom. The summed E-state index contributed by atoms with van der Waals surface area (Å²) in [6.45, 7) is 5.20. The number of hydrogen-bond acceptors (Lipinski definition) is 2. The fraction of sp³-hybridized carbons (Fsp3) is 0.562. The van der Waals surface area contributed by atoms with Crippen LogP contribution in [0.4, 0.5) is 0 Å². The SMILES string of the molecule is CN=C(NCCN1CCCCC1)NCc1cccc(Cl)c1.I. The number of halogens is 2. The maximum absolute atomic E-state index is 5.98. The van der Waals surface area contributed by atoms with Crippen molar-refractivity contribution in [3.05, 3.63) is 34.9 Å². The van der Waals surface area contributed by atoms with Crippen LogP contribution in [-0.4, -0.2) is 44.1 Å². The topological polar surface area (TPSA) is 39.7 Å². The largest absolute Gasteiger partial charge is 0.355 e. The van der Waals surface area contributed by atoms with Gasteiger partial charge in [0.2, 0.25) is 0 Å². The molecule has 1 aliphatic heterocycles. The number of aliphatic imine (C=N–C) groups is 1. The maximum atomic E-state index is 5.98. The van der Waals surface area contributed by atoms with E-state index in [2.05, 4.69) is 26.6 Å². The summed E-state index contributed by atoms with van der Waals surface area (Å²) in [5.41, 5.74) is 1.15. The summed E-state index contributed by atoms with van der Waals surface area (Å²) in [6.07, 6.45) is 4.05. The lowest BCUT2D eigenvalue weighted by Crippen LogP contribution is -2.42. The molecule has 1 fully saturated rings. The van der Waals surface area contributed by atoms with Crippen LogP contribution in [0.5, 0.6) is 0 Å². The van der Waals surface area contributed by atoms with E-state index in [1.54, 1.807) is 7.05 Å². The number of rotatable bonds is 5. The van der Waals surface area contributed by atoms with Crippen LogP contribution in [0.25, 0.3) is 0 Å². The van der Waals surface area contributed by atoms with Gasteiger partial charge in [0.25, 0.3) is 0 Å². The van der Waals surface area contributed by atoms with Gasteiger partial charge in [-0.25, -0.2) is 0 Å². The first kappa shape index (κ1) is 19.5. The normalized spacial score (nSPS) is 16.0. The summed E-state index contributed by atoms with van der Waals surface area (Å²) in [5.74, 6) is 0.840. The van der Waals surface area contributed by atoms with Gasteiger partial charge < -0.3 is 15.5 Å². The molecule has 6 heteroatoms. The molecule has 0 unspecified atom stereocenters. The second-order valence-corrected chi connectivity index (χ2v) is 5.82. The summed E-state index contributed by atoms with van der Waals surface area (Å²) in [4.78, 5) is 6.77. The third kappa shape index (κ3) is 7.15. The van der Waals surface area contributed by atoms with Crippen LogP contribution in [0.2, 0.25) is 5.02 Å². The molecular formula is C16H26ClIN4. The predicted octanol–water partition coefficient (Wildman–Crippen LogP) is 3.11. The molecule has 0 amide bonds. The molecule has 1 saturated heterocycles. The van der Waals surface area contributed by atoms with Gasteiger partial charge in [0, 0.05) is 31.7 Å². The average molecular weight is 437 g/mol. The zero-order valence-electron chi connectivity index (χ0n) is 13.1. The lowest BCUT2D eigenvalue weighted by molar-refractivity contribution is 0.232. The first-order chi connectivity index (χ1) is 10.3. The number of guanidine groups is 1. The Balaban J connectivity index is 0.00000242. The molecule has 0 aromatic heterocycles. The standard InChI is InChI=1S/C16H25ClN4.HI/c1-18-16(19-8-11-21-9-3-2-4-10-21)20-13-14-6-5-7-15(17)12-14;/h5-7,12H,2-4,8-11,13H2,1H3,(H2,18,19,20);1H. The molecule has 0 saturated carbocycles. The van der Waals surface area contributed by atoms with E-state index < -0.39 is 0 Å². The highest BCUT2D eigenvalue weighted by atomic mass is 127. The Morgan fingerprint density at radius 2 is 2.00 bits per heavy atom. The van der Waals surface area contributed by atoms with E-state index >= 15 is 0 Å². The summed E-state index contributed by atoms with van der Waals surface area (Å²) in [7, 11) is 1.80. The number of hydrogen-bond donors (Lipinski definition) is 2. The van der Waals surface area contributed by atoms with Gasteiger partial charge in [-0.15, -0.1) is 24.0 Å². The van der Waals surface area contributed by atoms with E-state index in [0.29, 0.717) is 0 Å². The Bertz CT molecular complexity index is 461. The van der Waals surface area contributed by atoms with Gasteiger partial charge in [0.05, 0.1) is 0 Å². The third-order valence-corrected chi connectivity index (χ3v) is 3.98. The summed E-state index contributed by atoms with van der Waals surface area (Å²) < 4.78 is 0. The first-order valence-electron chi connectivity index (χ1n) is 7.69. The van der Waals surface area contributed by atoms with Crippen LogP contribution in [-0.2, 0) is 6.54 Å². The fourth-order valence-electron chi connectivity index (χ4n) is 2.57. The molecule has 1 aromatic rings. The highest BCUT2D eigenvalue weighted by Crippen LogP contribution is 2.10. The van der Waals surface area contributed by atoms with Crippen molar-refractivity contribution >= 4 is 41.5 Å². The Kier molecular flexibility index (Phi) is 9.82. The molecule has 0 bridgehead atoms. The molecule has 2 rings (SSSR count). The van der Waals surface area contributed by atoms with Crippen molar-refractivity contribution in [1.82, 2.24) is 15.5 Å². The minimum atomic E-state index is 0. The highest BCUT2D eigenvalue weighted by molar-refractivity contribution is 14.0. The quantitative estimate of drug-likeness (QED) is 0.423. The molecular weight excluding hydrogens is 411 g/mol. The smallest absolute Gasteiger partial charge is 0.191 e.